The minimum atomic E-state index is -1.81. The maximum absolute atomic E-state index is 13.6. The highest BCUT2D eigenvalue weighted by atomic mass is 28.3. The summed E-state index contributed by atoms with van der Waals surface area (Å²) in [4.78, 5) is 51.1. The average Bonchev–Trinajstić information content (AvgIpc) is 3.35. The average molecular weight is 549 g/mol. The number of hydrogen-bond acceptors (Lipinski definition) is 7. The molecule has 13 heteroatoms. The van der Waals surface area contributed by atoms with Gasteiger partial charge in [-0.15, -0.1) is 0 Å². The summed E-state index contributed by atoms with van der Waals surface area (Å²) in [5.41, 5.74) is 0.827. The third kappa shape index (κ3) is 10.8. The molecule has 0 aliphatic carbocycles. The predicted molar refractivity (Wildman–Crippen MR) is 146 cm³/mol. The fourth-order valence-electron chi connectivity index (χ4n) is 4.45. The minimum absolute atomic E-state index is 0.0748. The number of nitrogens with zero attached hydrogens (tertiary/aromatic N) is 1. The lowest BCUT2D eigenvalue weighted by atomic mass is 9.76. The third-order valence-electron chi connectivity index (χ3n) is 6.32. The summed E-state index contributed by atoms with van der Waals surface area (Å²) in [6.07, 6.45) is 2.44. The number of ether oxygens (including phenoxy) is 1. The first-order valence-electron chi connectivity index (χ1n) is 13.1. The van der Waals surface area contributed by atoms with E-state index in [0.717, 1.165) is 5.56 Å². The number of likely N-dealkylation sites (tertiary alicyclic amines) is 1. The van der Waals surface area contributed by atoms with Crippen LogP contribution >= 0.6 is 0 Å². The van der Waals surface area contributed by atoms with Gasteiger partial charge in [0, 0.05) is 21.2 Å². The number of nitrogens with one attached hydrogen (secondary N) is 3. The van der Waals surface area contributed by atoms with Gasteiger partial charge in [-0.05, 0) is 37.3 Å². The molecule has 1 aromatic rings. The maximum atomic E-state index is 13.6. The van der Waals surface area contributed by atoms with Gasteiger partial charge in [0.25, 0.3) is 0 Å². The zero-order valence-corrected chi connectivity index (χ0v) is 23.5. The molecule has 4 amide bonds. The van der Waals surface area contributed by atoms with Crippen molar-refractivity contribution in [3.63, 3.8) is 0 Å². The molecule has 3 atom stereocenters. The predicted octanol–water partition coefficient (Wildman–Crippen LogP) is 1.02. The quantitative estimate of drug-likeness (QED) is 0.124. The lowest BCUT2D eigenvalue weighted by Crippen LogP contribution is -2.57. The Morgan fingerprint density at radius 3 is 2.50 bits per heavy atom. The molecule has 1 fully saturated rings. The summed E-state index contributed by atoms with van der Waals surface area (Å²) in [5.74, 6) is -1.71. The lowest BCUT2D eigenvalue weighted by Gasteiger charge is -2.32. The van der Waals surface area contributed by atoms with Gasteiger partial charge in [-0.1, -0.05) is 56.4 Å². The molecule has 38 heavy (non-hydrogen) atoms. The first kappa shape index (κ1) is 31.3. The van der Waals surface area contributed by atoms with E-state index in [-0.39, 0.29) is 12.5 Å². The molecule has 0 saturated carbocycles. The molecule has 1 heterocycles. The van der Waals surface area contributed by atoms with Crippen LogP contribution in [0.15, 0.2) is 30.3 Å². The van der Waals surface area contributed by atoms with Crippen LogP contribution in [0, 0.1) is 0 Å². The van der Waals surface area contributed by atoms with E-state index in [1.165, 1.54) is 4.90 Å². The first-order valence-corrected chi connectivity index (χ1v) is 16.8. The second-order valence-corrected chi connectivity index (χ2v) is 16.3. The summed E-state index contributed by atoms with van der Waals surface area (Å²) >= 11 is 0. The summed E-state index contributed by atoms with van der Waals surface area (Å²) < 4.78 is 5.34. The van der Waals surface area contributed by atoms with E-state index in [2.05, 4.69) is 35.6 Å². The Morgan fingerprint density at radius 1 is 1.16 bits per heavy atom. The zero-order valence-electron chi connectivity index (χ0n) is 22.5. The standard InChI is InChI=1S/C25H41BN4O7Si/c1-38(2,3)17-20(28-25(34)37-16-19-10-5-4-6-11-19)24(33)30-15-9-12-21(30)23(32)29-22(26(35)36)13-7-8-14-27-18-31/h4-6,10-11,18,20-22,35-36H,7-9,12-17H2,1-3H3,(H,27,31)(H,28,34)(H,29,32)/t20-,21+,22+/m1/s1. The maximum Gasteiger partial charge on any atom is 0.475 e. The van der Waals surface area contributed by atoms with Crippen LogP contribution in [0.4, 0.5) is 4.79 Å². The van der Waals surface area contributed by atoms with E-state index in [4.69, 9.17) is 4.74 Å². The number of unbranched alkanes of at least 4 members (excludes halogenated alkanes) is 1. The summed E-state index contributed by atoms with van der Waals surface area (Å²) in [6.45, 7) is 7.17. The number of amides is 4. The highest BCUT2D eigenvalue weighted by Gasteiger charge is 2.40. The molecule has 210 valence electrons. The molecule has 0 spiro atoms. The lowest BCUT2D eigenvalue weighted by molar-refractivity contribution is -0.139. The monoisotopic (exact) mass is 548 g/mol. The van der Waals surface area contributed by atoms with E-state index in [1.54, 1.807) is 0 Å². The van der Waals surface area contributed by atoms with Crippen molar-refractivity contribution in [2.24, 2.45) is 0 Å². The molecule has 0 radical (unpaired) electrons. The van der Waals surface area contributed by atoms with Crippen molar-refractivity contribution >= 4 is 39.5 Å². The van der Waals surface area contributed by atoms with Crippen LogP contribution in [-0.2, 0) is 25.7 Å². The topological polar surface area (TPSA) is 157 Å². The second-order valence-electron chi connectivity index (χ2n) is 10.8. The van der Waals surface area contributed by atoms with E-state index < -0.39 is 45.2 Å². The fourth-order valence-corrected chi connectivity index (χ4v) is 5.95. The van der Waals surface area contributed by atoms with Gasteiger partial charge < -0.3 is 35.6 Å². The number of hydrogen-bond donors (Lipinski definition) is 5. The summed E-state index contributed by atoms with van der Waals surface area (Å²) in [7, 11) is -3.57. The van der Waals surface area contributed by atoms with Crippen LogP contribution in [0.2, 0.25) is 25.7 Å². The first-order chi connectivity index (χ1) is 18.0. The zero-order chi connectivity index (χ0) is 28.1. The largest absolute Gasteiger partial charge is 0.475 e. The molecule has 1 aliphatic rings. The van der Waals surface area contributed by atoms with Gasteiger partial charge in [-0.3, -0.25) is 14.4 Å². The molecule has 2 rings (SSSR count). The van der Waals surface area contributed by atoms with Gasteiger partial charge in [-0.25, -0.2) is 4.79 Å². The van der Waals surface area contributed by atoms with Gasteiger partial charge in [0.2, 0.25) is 18.2 Å². The highest BCUT2D eigenvalue weighted by Crippen LogP contribution is 2.22. The number of benzene rings is 1. The molecule has 1 saturated heterocycles. The van der Waals surface area contributed by atoms with Crippen molar-refractivity contribution < 1.29 is 34.0 Å². The van der Waals surface area contributed by atoms with Crippen LogP contribution in [0.1, 0.15) is 37.7 Å². The second kappa shape index (κ2) is 15.5. The van der Waals surface area contributed by atoms with Crippen molar-refractivity contribution in [3.8, 4) is 0 Å². The van der Waals surface area contributed by atoms with Gasteiger partial charge in [0.15, 0.2) is 0 Å². The van der Waals surface area contributed by atoms with Crippen molar-refractivity contribution in [3.05, 3.63) is 35.9 Å². The molecule has 1 aromatic carbocycles. The van der Waals surface area contributed by atoms with Crippen LogP contribution in [-0.4, -0.2) is 85.6 Å². The van der Waals surface area contributed by atoms with Crippen molar-refractivity contribution in [2.45, 2.75) is 82.4 Å². The fraction of sp³-hybridized carbons (Fsp3) is 0.600. The molecule has 0 aromatic heterocycles. The van der Waals surface area contributed by atoms with Crippen molar-refractivity contribution in [1.82, 2.24) is 20.9 Å². The van der Waals surface area contributed by atoms with Crippen LogP contribution in [0.25, 0.3) is 0 Å². The third-order valence-corrected chi connectivity index (χ3v) is 7.95. The van der Waals surface area contributed by atoms with Crippen LogP contribution < -0.4 is 16.0 Å². The van der Waals surface area contributed by atoms with E-state index in [9.17, 15) is 29.2 Å². The Labute approximate surface area is 225 Å². The summed E-state index contributed by atoms with van der Waals surface area (Å²) in [6, 6.07) is 8.11. The normalized spacial score (nSPS) is 16.8. The van der Waals surface area contributed by atoms with Gasteiger partial charge >= 0.3 is 13.2 Å². The van der Waals surface area contributed by atoms with Crippen LogP contribution in [0.3, 0.4) is 0 Å². The Bertz CT molecular complexity index is 917. The molecular formula is C25H41BN4O7Si. The summed E-state index contributed by atoms with van der Waals surface area (Å²) in [5, 5.41) is 27.5. The number of alkyl carbamates (subject to hydrolysis) is 1. The SMILES string of the molecule is C[Si](C)(C)C[C@@H](NC(=O)OCc1ccccc1)C(=O)N1CCC[C@H]1C(=O)N[C@@H](CCCCNC=O)B(O)O. The molecule has 5 N–H and O–H groups in total. The molecular weight excluding hydrogens is 507 g/mol. The van der Waals surface area contributed by atoms with Crippen molar-refractivity contribution in [2.75, 3.05) is 13.1 Å². The van der Waals surface area contributed by atoms with Gasteiger partial charge in [-0.2, -0.15) is 0 Å². The van der Waals surface area contributed by atoms with Gasteiger partial charge in [0.05, 0.1) is 5.94 Å². The van der Waals surface area contributed by atoms with Crippen molar-refractivity contribution in [1.29, 1.82) is 0 Å². The molecule has 0 unspecified atom stereocenters. The minimum Gasteiger partial charge on any atom is -0.445 e. The smallest absolute Gasteiger partial charge is 0.445 e. The Morgan fingerprint density at radius 2 is 1.87 bits per heavy atom. The number of rotatable bonds is 15. The van der Waals surface area contributed by atoms with E-state index in [1.807, 2.05) is 30.3 Å². The number of carbonyl (C=O) groups excluding carboxylic acids is 4. The van der Waals surface area contributed by atoms with Crippen LogP contribution in [0.5, 0.6) is 0 Å². The Balaban J connectivity index is 2.03. The molecule has 1 aliphatic heterocycles. The molecule has 0 bridgehead atoms. The van der Waals surface area contributed by atoms with Gasteiger partial charge in [0.1, 0.15) is 18.7 Å². The van der Waals surface area contributed by atoms with E-state index >= 15 is 0 Å². The Hall–Kier alpha value is -2.90. The highest BCUT2D eigenvalue weighted by molar-refractivity contribution is 6.76. The number of carbonyl (C=O) groups is 4. The van der Waals surface area contributed by atoms with E-state index in [0.29, 0.717) is 57.6 Å². The molecule has 11 nitrogen and oxygen atoms in total. The Kier molecular flexibility index (Phi) is 12.8.